The Hall–Kier alpha value is -2.25. The predicted octanol–water partition coefficient (Wildman–Crippen LogP) is 2.04. The molecule has 7 heteroatoms. The van der Waals surface area contributed by atoms with Gasteiger partial charge in [0.05, 0.1) is 22.3 Å². The second kappa shape index (κ2) is 7.17. The van der Waals surface area contributed by atoms with E-state index in [0.717, 1.165) is 39.0 Å². The van der Waals surface area contributed by atoms with Crippen molar-refractivity contribution in [1.29, 1.82) is 0 Å². The Kier molecular flexibility index (Phi) is 4.74. The van der Waals surface area contributed by atoms with Crippen molar-refractivity contribution in [1.82, 2.24) is 15.2 Å². The highest BCUT2D eigenvalue weighted by molar-refractivity contribution is 7.86. The van der Waals surface area contributed by atoms with Crippen LogP contribution in [0.1, 0.15) is 23.2 Å². The number of anilines is 1. The van der Waals surface area contributed by atoms with Crippen LogP contribution >= 0.6 is 0 Å². The third-order valence-electron chi connectivity index (χ3n) is 5.30. The normalized spacial score (nSPS) is 19.6. The highest BCUT2D eigenvalue weighted by atomic mass is 32.2. The second-order valence-electron chi connectivity index (χ2n) is 7.00. The van der Waals surface area contributed by atoms with Gasteiger partial charge in [0.25, 0.3) is 5.91 Å². The average molecular weight is 370 g/mol. The zero-order chi connectivity index (χ0) is 18.0. The topological polar surface area (TPSA) is 74.3 Å². The lowest BCUT2D eigenvalue weighted by Crippen LogP contribution is -2.58. The molecule has 1 spiro atoms. The summed E-state index contributed by atoms with van der Waals surface area (Å²) in [5, 5.41) is 3.34. The molecule has 1 unspecified atom stereocenters. The molecule has 136 valence electrons. The summed E-state index contributed by atoms with van der Waals surface area (Å²) in [6.45, 7) is 3.64. The van der Waals surface area contributed by atoms with Crippen LogP contribution in [0.15, 0.2) is 53.7 Å². The second-order valence-corrected chi connectivity index (χ2v) is 8.19. The molecule has 2 aliphatic heterocycles. The summed E-state index contributed by atoms with van der Waals surface area (Å²) in [6.07, 6.45) is 5.33. The number of pyridine rings is 1. The van der Waals surface area contributed by atoms with Crippen LogP contribution in [-0.4, -0.2) is 46.2 Å². The van der Waals surface area contributed by atoms with Crippen LogP contribution < -0.4 is 10.0 Å². The SMILES string of the molecule is O=C(c1ccccc1S(=O)Nc1cccnc1)N1CCC2(CC1)CNC2. The zero-order valence-electron chi connectivity index (χ0n) is 14.5. The molecule has 1 aromatic carbocycles. The van der Waals surface area contributed by atoms with Crippen molar-refractivity contribution in [3.8, 4) is 0 Å². The number of benzene rings is 1. The van der Waals surface area contributed by atoms with Gasteiger partial charge in [-0.15, -0.1) is 0 Å². The lowest BCUT2D eigenvalue weighted by molar-refractivity contribution is 0.0412. The Morgan fingerprint density at radius 1 is 1.15 bits per heavy atom. The first-order valence-electron chi connectivity index (χ1n) is 8.84. The summed E-state index contributed by atoms with van der Waals surface area (Å²) in [4.78, 5) is 19.4. The van der Waals surface area contributed by atoms with Crippen LogP contribution in [0.3, 0.4) is 0 Å². The van der Waals surface area contributed by atoms with Crippen LogP contribution in [0.5, 0.6) is 0 Å². The molecule has 1 amide bonds. The number of rotatable bonds is 4. The van der Waals surface area contributed by atoms with Gasteiger partial charge >= 0.3 is 0 Å². The van der Waals surface area contributed by atoms with Gasteiger partial charge in [-0.1, -0.05) is 12.1 Å². The molecule has 2 fully saturated rings. The molecule has 0 radical (unpaired) electrons. The van der Waals surface area contributed by atoms with E-state index in [4.69, 9.17) is 0 Å². The molecule has 0 bridgehead atoms. The summed E-state index contributed by atoms with van der Waals surface area (Å²) in [6, 6.07) is 10.7. The first-order chi connectivity index (χ1) is 12.7. The first kappa shape index (κ1) is 17.2. The fraction of sp³-hybridized carbons (Fsp3) is 0.368. The van der Waals surface area contributed by atoms with Crippen LogP contribution in [0.25, 0.3) is 0 Å². The average Bonchev–Trinajstić information content (AvgIpc) is 2.67. The number of nitrogens with one attached hydrogen (secondary N) is 2. The molecule has 4 rings (SSSR count). The molecule has 6 nitrogen and oxygen atoms in total. The maximum atomic E-state index is 13.0. The van der Waals surface area contributed by atoms with Crippen molar-refractivity contribution in [2.75, 3.05) is 30.9 Å². The third-order valence-corrected chi connectivity index (χ3v) is 6.48. The van der Waals surface area contributed by atoms with Crippen molar-refractivity contribution in [3.05, 3.63) is 54.4 Å². The lowest BCUT2D eigenvalue weighted by atomic mass is 9.73. The van der Waals surface area contributed by atoms with E-state index >= 15 is 0 Å². The number of hydrogen-bond acceptors (Lipinski definition) is 4. The van der Waals surface area contributed by atoms with Crippen LogP contribution in [0.4, 0.5) is 5.69 Å². The van der Waals surface area contributed by atoms with Crippen molar-refractivity contribution in [2.24, 2.45) is 5.41 Å². The summed E-state index contributed by atoms with van der Waals surface area (Å²) in [7, 11) is -1.52. The Bertz CT molecular complexity index is 813. The number of hydrogen-bond donors (Lipinski definition) is 2. The number of nitrogens with zero attached hydrogens (tertiary/aromatic N) is 2. The van der Waals surface area contributed by atoms with Crippen LogP contribution in [0, 0.1) is 5.41 Å². The summed E-state index contributed by atoms with van der Waals surface area (Å²) in [5.41, 5.74) is 1.55. The number of amides is 1. The van der Waals surface area contributed by atoms with Gasteiger partial charge in [0, 0.05) is 32.4 Å². The molecular weight excluding hydrogens is 348 g/mol. The zero-order valence-corrected chi connectivity index (χ0v) is 15.3. The van der Waals surface area contributed by atoms with E-state index in [1.807, 2.05) is 11.0 Å². The van der Waals surface area contributed by atoms with Gasteiger partial charge in [-0.2, -0.15) is 0 Å². The first-order valence-corrected chi connectivity index (χ1v) is 9.99. The van der Waals surface area contributed by atoms with Gasteiger partial charge in [0.15, 0.2) is 11.0 Å². The highest BCUT2D eigenvalue weighted by Gasteiger charge is 2.40. The van der Waals surface area contributed by atoms with E-state index in [9.17, 15) is 9.00 Å². The molecule has 2 aromatic rings. The molecule has 2 N–H and O–H groups in total. The fourth-order valence-corrected chi connectivity index (χ4v) is 4.58. The molecule has 2 aliphatic rings. The van der Waals surface area contributed by atoms with Gasteiger partial charge in [0.2, 0.25) is 0 Å². The van der Waals surface area contributed by atoms with Gasteiger partial charge in [0.1, 0.15) is 0 Å². The van der Waals surface area contributed by atoms with E-state index in [2.05, 4.69) is 15.0 Å². The summed E-state index contributed by atoms with van der Waals surface area (Å²) in [5.74, 6) is -0.0379. The maximum absolute atomic E-state index is 13.0. The van der Waals surface area contributed by atoms with Gasteiger partial charge < -0.3 is 10.2 Å². The lowest BCUT2D eigenvalue weighted by Gasteiger charge is -2.48. The number of carbonyl (C=O) groups excluding carboxylic acids is 1. The number of likely N-dealkylation sites (tertiary alicyclic amines) is 1. The quantitative estimate of drug-likeness (QED) is 0.864. The molecule has 2 saturated heterocycles. The van der Waals surface area contributed by atoms with E-state index in [0.29, 0.717) is 21.6 Å². The molecule has 1 atom stereocenters. The number of aromatic nitrogens is 1. The number of carbonyl (C=O) groups is 1. The molecule has 3 heterocycles. The predicted molar refractivity (Wildman–Crippen MR) is 101 cm³/mol. The smallest absolute Gasteiger partial charge is 0.255 e. The molecule has 26 heavy (non-hydrogen) atoms. The van der Waals surface area contributed by atoms with Crippen LogP contribution in [-0.2, 0) is 11.0 Å². The Morgan fingerprint density at radius 2 is 1.92 bits per heavy atom. The maximum Gasteiger partial charge on any atom is 0.255 e. The largest absolute Gasteiger partial charge is 0.339 e. The Balaban J connectivity index is 1.50. The number of piperidine rings is 1. The molecular formula is C19H22N4O2S. The van der Waals surface area contributed by atoms with Crippen molar-refractivity contribution in [2.45, 2.75) is 17.7 Å². The summed E-state index contributed by atoms with van der Waals surface area (Å²) >= 11 is 0. The Morgan fingerprint density at radius 3 is 2.58 bits per heavy atom. The highest BCUT2D eigenvalue weighted by Crippen LogP contribution is 2.35. The van der Waals surface area contributed by atoms with Crippen molar-refractivity contribution >= 4 is 22.6 Å². The van der Waals surface area contributed by atoms with Crippen LogP contribution in [0.2, 0.25) is 0 Å². The minimum Gasteiger partial charge on any atom is -0.339 e. The molecule has 0 aliphatic carbocycles. The summed E-state index contributed by atoms with van der Waals surface area (Å²) < 4.78 is 15.7. The minimum atomic E-state index is -1.52. The van der Waals surface area contributed by atoms with E-state index in [1.54, 1.807) is 42.7 Å². The third kappa shape index (κ3) is 3.37. The van der Waals surface area contributed by atoms with E-state index in [-0.39, 0.29) is 5.91 Å². The fourth-order valence-electron chi connectivity index (χ4n) is 3.58. The monoisotopic (exact) mass is 370 g/mol. The van der Waals surface area contributed by atoms with Gasteiger partial charge in [-0.3, -0.25) is 14.5 Å². The van der Waals surface area contributed by atoms with Gasteiger partial charge in [-0.25, -0.2) is 4.21 Å². The molecule has 0 saturated carbocycles. The standard InChI is InChI=1S/C19H22N4O2S/c24-18(23-10-7-19(8-11-23)13-21-14-19)16-5-1-2-6-17(16)26(25)22-15-4-3-9-20-12-15/h1-6,9,12,21-22H,7-8,10-11,13-14H2. The molecule has 1 aromatic heterocycles. The van der Waals surface area contributed by atoms with Crippen molar-refractivity contribution in [3.63, 3.8) is 0 Å². The minimum absolute atomic E-state index is 0.0379. The van der Waals surface area contributed by atoms with E-state index < -0.39 is 11.0 Å². The Labute approximate surface area is 155 Å². The van der Waals surface area contributed by atoms with Crippen molar-refractivity contribution < 1.29 is 9.00 Å². The van der Waals surface area contributed by atoms with E-state index in [1.165, 1.54) is 0 Å². The van der Waals surface area contributed by atoms with Gasteiger partial charge in [-0.05, 0) is 42.5 Å².